The SMILES string of the molecule is C#CCOCc1cccc2[nH]cc(CC(=O)O)c12. The van der Waals surface area contributed by atoms with E-state index in [4.69, 9.17) is 16.3 Å². The fourth-order valence-electron chi connectivity index (χ4n) is 1.98. The number of aromatic amines is 1. The Kier molecular flexibility index (Phi) is 3.66. The van der Waals surface area contributed by atoms with Crippen LogP contribution in [-0.4, -0.2) is 22.7 Å². The zero-order chi connectivity index (χ0) is 13.0. The van der Waals surface area contributed by atoms with Crippen molar-refractivity contribution in [3.05, 3.63) is 35.5 Å². The van der Waals surface area contributed by atoms with Crippen LogP contribution in [0.3, 0.4) is 0 Å². The molecule has 2 rings (SSSR count). The van der Waals surface area contributed by atoms with Crippen molar-refractivity contribution in [2.24, 2.45) is 0 Å². The van der Waals surface area contributed by atoms with E-state index in [-0.39, 0.29) is 13.0 Å². The van der Waals surface area contributed by atoms with Gasteiger partial charge in [-0.15, -0.1) is 6.42 Å². The molecule has 0 saturated carbocycles. The van der Waals surface area contributed by atoms with Crippen LogP contribution in [0, 0.1) is 12.3 Å². The summed E-state index contributed by atoms with van der Waals surface area (Å²) in [6.45, 7) is 0.626. The lowest BCUT2D eigenvalue weighted by Gasteiger charge is -2.05. The summed E-state index contributed by atoms with van der Waals surface area (Å²) in [5.74, 6) is 1.55. The van der Waals surface area contributed by atoms with E-state index in [1.807, 2.05) is 18.2 Å². The molecular weight excluding hydrogens is 230 g/mol. The number of terminal acetylenes is 1. The number of nitrogens with one attached hydrogen (secondary N) is 1. The second kappa shape index (κ2) is 5.39. The lowest BCUT2D eigenvalue weighted by Crippen LogP contribution is -2.00. The van der Waals surface area contributed by atoms with Crippen molar-refractivity contribution >= 4 is 16.9 Å². The van der Waals surface area contributed by atoms with Crippen molar-refractivity contribution in [3.63, 3.8) is 0 Å². The number of H-pyrrole nitrogens is 1. The van der Waals surface area contributed by atoms with Gasteiger partial charge in [-0.2, -0.15) is 0 Å². The van der Waals surface area contributed by atoms with Gasteiger partial charge in [0.2, 0.25) is 0 Å². The summed E-state index contributed by atoms with van der Waals surface area (Å²) in [6.07, 6.45) is 6.84. The van der Waals surface area contributed by atoms with Gasteiger partial charge in [-0.1, -0.05) is 18.1 Å². The van der Waals surface area contributed by atoms with Gasteiger partial charge in [-0.05, 0) is 17.2 Å². The molecule has 4 nitrogen and oxygen atoms in total. The molecule has 1 aromatic carbocycles. The summed E-state index contributed by atoms with van der Waals surface area (Å²) in [5.41, 5.74) is 2.62. The number of aliphatic carboxylic acids is 1. The fraction of sp³-hybridized carbons (Fsp3) is 0.214. The van der Waals surface area contributed by atoms with E-state index in [1.54, 1.807) is 6.20 Å². The van der Waals surface area contributed by atoms with Gasteiger partial charge in [-0.25, -0.2) is 0 Å². The first-order valence-corrected chi connectivity index (χ1v) is 5.53. The summed E-state index contributed by atoms with van der Waals surface area (Å²) in [6, 6.07) is 5.72. The third-order valence-electron chi connectivity index (χ3n) is 2.66. The summed E-state index contributed by atoms with van der Waals surface area (Å²) in [4.78, 5) is 13.9. The minimum absolute atomic E-state index is 0.00779. The molecule has 1 aromatic heterocycles. The second-order valence-corrected chi connectivity index (χ2v) is 3.92. The molecule has 0 amide bonds. The van der Waals surface area contributed by atoms with Crippen LogP contribution in [0.15, 0.2) is 24.4 Å². The van der Waals surface area contributed by atoms with Gasteiger partial charge in [0.05, 0.1) is 13.0 Å². The Morgan fingerprint density at radius 3 is 3.00 bits per heavy atom. The molecule has 0 spiro atoms. The van der Waals surface area contributed by atoms with Crippen molar-refractivity contribution in [1.82, 2.24) is 4.98 Å². The molecule has 0 bridgehead atoms. The van der Waals surface area contributed by atoms with E-state index in [0.29, 0.717) is 6.61 Å². The molecule has 4 heteroatoms. The molecule has 1 heterocycles. The third-order valence-corrected chi connectivity index (χ3v) is 2.66. The summed E-state index contributed by atoms with van der Waals surface area (Å²) < 4.78 is 5.31. The van der Waals surface area contributed by atoms with Gasteiger partial charge in [0.1, 0.15) is 6.61 Å². The molecule has 0 saturated heterocycles. The highest BCUT2D eigenvalue weighted by atomic mass is 16.5. The number of fused-ring (bicyclic) bond motifs is 1. The van der Waals surface area contributed by atoms with Crippen LogP contribution in [0.4, 0.5) is 0 Å². The minimum Gasteiger partial charge on any atom is -0.481 e. The van der Waals surface area contributed by atoms with Crippen molar-refractivity contribution < 1.29 is 14.6 Å². The van der Waals surface area contributed by atoms with Crippen LogP contribution in [0.5, 0.6) is 0 Å². The molecule has 0 aliphatic carbocycles. The van der Waals surface area contributed by atoms with Crippen LogP contribution in [0.2, 0.25) is 0 Å². The van der Waals surface area contributed by atoms with E-state index in [1.165, 1.54) is 0 Å². The summed E-state index contributed by atoms with van der Waals surface area (Å²) >= 11 is 0. The number of hydrogen-bond acceptors (Lipinski definition) is 2. The number of hydrogen-bond donors (Lipinski definition) is 2. The van der Waals surface area contributed by atoms with Gasteiger partial charge in [0.15, 0.2) is 0 Å². The lowest BCUT2D eigenvalue weighted by molar-refractivity contribution is -0.136. The average Bonchev–Trinajstić information content (AvgIpc) is 2.73. The Morgan fingerprint density at radius 2 is 2.28 bits per heavy atom. The molecule has 0 aliphatic heterocycles. The number of benzene rings is 1. The van der Waals surface area contributed by atoms with Crippen LogP contribution >= 0.6 is 0 Å². The van der Waals surface area contributed by atoms with E-state index >= 15 is 0 Å². The Morgan fingerprint density at radius 1 is 1.44 bits per heavy atom. The van der Waals surface area contributed by atoms with E-state index < -0.39 is 5.97 Å². The number of ether oxygens (including phenoxy) is 1. The molecule has 18 heavy (non-hydrogen) atoms. The van der Waals surface area contributed by atoms with E-state index in [2.05, 4.69) is 10.9 Å². The molecular formula is C14H13NO3. The monoisotopic (exact) mass is 243 g/mol. The maximum atomic E-state index is 10.8. The number of carbonyl (C=O) groups is 1. The molecule has 0 radical (unpaired) electrons. The van der Waals surface area contributed by atoms with Gasteiger partial charge in [0, 0.05) is 17.1 Å². The molecule has 0 fully saturated rings. The van der Waals surface area contributed by atoms with Crippen LogP contribution in [-0.2, 0) is 22.6 Å². The molecule has 0 unspecified atom stereocenters. The van der Waals surface area contributed by atoms with Gasteiger partial charge in [-0.3, -0.25) is 4.79 Å². The first-order valence-electron chi connectivity index (χ1n) is 5.53. The number of rotatable bonds is 5. The second-order valence-electron chi connectivity index (χ2n) is 3.92. The highest BCUT2D eigenvalue weighted by molar-refractivity contribution is 5.89. The first-order chi connectivity index (χ1) is 8.72. The van der Waals surface area contributed by atoms with Crippen molar-refractivity contribution in [2.75, 3.05) is 6.61 Å². The molecule has 2 aromatic rings. The largest absolute Gasteiger partial charge is 0.481 e. The first kappa shape index (κ1) is 12.2. The predicted octanol–water partition coefficient (Wildman–Crippen LogP) is 1.94. The van der Waals surface area contributed by atoms with E-state index in [0.717, 1.165) is 22.0 Å². The zero-order valence-electron chi connectivity index (χ0n) is 9.77. The number of carboxylic acid groups (broad SMARTS) is 1. The number of carboxylic acids is 1. The number of aromatic nitrogens is 1. The maximum Gasteiger partial charge on any atom is 0.307 e. The van der Waals surface area contributed by atoms with Crippen molar-refractivity contribution in [1.29, 1.82) is 0 Å². The third kappa shape index (κ3) is 2.53. The van der Waals surface area contributed by atoms with Gasteiger partial charge >= 0.3 is 5.97 Å². The smallest absolute Gasteiger partial charge is 0.307 e. The molecule has 92 valence electrons. The normalized spacial score (nSPS) is 10.4. The summed E-state index contributed by atoms with van der Waals surface area (Å²) in [5, 5.41) is 9.79. The molecule has 0 aliphatic rings. The Bertz CT molecular complexity index is 607. The topological polar surface area (TPSA) is 62.3 Å². The highest BCUT2D eigenvalue weighted by Crippen LogP contribution is 2.23. The molecule has 2 N–H and O–H groups in total. The molecule has 0 atom stereocenters. The predicted molar refractivity (Wildman–Crippen MR) is 68.1 cm³/mol. The lowest BCUT2D eigenvalue weighted by atomic mass is 10.0. The van der Waals surface area contributed by atoms with Gasteiger partial charge < -0.3 is 14.8 Å². The Balaban J connectivity index is 2.36. The Labute approximate surface area is 105 Å². The van der Waals surface area contributed by atoms with Crippen LogP contribution < -0.4 is 0 Å². The average molecular weight is 243 g/mol. The maximum absolute atomic E-state index is 10.8. The quantitative estimate of drug-likeness (QED) is 0.623. The highest BCUT2D eigenvalue weighted by Gasteiger charge is 2.11. The Hall–Kier alpha value is -2.25. The van der Waals surface area contributed by atoms with Crippen molar-refractivity contribution in [2.45, 2.75) is 13.0 Å². The standard InChI is InChI=1S/C14H13NO3/c1-2-6-18-9-10-4-3-5-12-14(10)11(8-15-12)7-13(16)17/h1,3-5,8,15H,6-7,9H2,(H,16,17). The minimum atomic E-state index is -0.852. The van der Waals surface area contributed by atoms with Crippen LogP contribution in [0.25, 0.3) is 10.9 Å². The van der Waals surface area contributed by atoms with Crippen LogP contribution in [0.1, 0.15) is 11.1 Å². The fourth-order valence-corrected chi connectivity index (χ4v) is 1.98. The zero-order valence-corrected chi connectivity index (χ0v) is 9.77. The summed E-state index contributed by atoms with van der Waals surface area (Å²) in [7, 11) is 0. The van der Waals surface area contributed by atoms with E-state index in [9.17, 15) is 4.79 Å². The van der Waals surface area contributed by atoms with Crippen molar-refractivity contribution in [3.8, 4) is 12.3 Å². The van der Waals surface area contributed by atoms with Gasteiger partial charge in [0.25, 0.3) is 0 Å².